The molecule has 0 aromatic heterocycles. The standard InChI is InChI=1S/C18H24N2O3S/c1-23-15-7-4-13(5-8-15)6-9-17(21)20-12-24-11-16(20)18(22)19-10-14-2-3-14/h4-5,7-8,14,16H,2-3,6,9-12H2,1H3,(H,19,22)/t16-/m0/s1. The van der Waals surface area contributed by atoms with Gasteiger partial charge < -0.3 is 15.0 Å². The van der Waals surface area contributed by atoms with E-state index in [1.807, 2.05) is 24.3 Å². The van der Waals surface area contributed by atoms with Crippen LogP contribution in [0.25, 0.3) is 0 Å². The Balaban J connectivity index is 1.49. The van der Waals surface area contributed by atoms with Gasteiger partial charge in [0.25, 0.3) is 0 Å². The average Bonchev–Trinajstić information content (AvgIpc) is 3.31. The molecule has 0 bridgehead atoms. The Morgan fingerprint density at radius 3 is 2.71 bits per heavy atom. The predicted octanol–water partition coefficient (Wildman–Crippen LogP) is 2.06. The minimum atomic E-state index is -0.308. The van der Waals surface area contributed by atoms with Crippen LogP contribution in [0.2, 0.25) is 0 Å². The van der Waals surface area contributed by atoms with Crippen molar-refractivity contribution in [3.63, 3.8) is 0 Å². The number of carbonyl (C=O) groups excluding carboxylic acids is 2. The van der Waals surface area contributed by atoms with Crippen LogP contribution in [0.1, 0.15) is 24.8 Å². The van der Waals surface area contributed by atoms with Crippen LogP contribution in [0, 0.1) is 5.92 Å². The first kappa shape index (κ1) is 17.1. The van der Waals surface area contributed by atoms with Gasteiger partial charge in [-0.3, -0.25) is 9.59 Å². The summed E-state index contributed by atoms with van der Waals surface area (Å²) in [6, 6.07) is 7.45. The Hall–Kier alpha value is -1.69. The molecule has 1 atom stereocenters. The van der Waals surface area contributed by atoms with E-state index in [4.69, 9.17) is 4.74 Å². The van der Waals surface area contributed by atoms with Gasteiger partial charge in [0.05, 0.1) is 13.0 Å². The molecule has 1 N–H and O–H groups in total. The van der Waals surface area contributed by atoms with Gasteiger partial charge in [-0.25, -0.2) is 0 Å². The van der Waals surface area contributed by atoms with Crippen LogP contribution in [-0.4, -0.2) is 48.0 Å². The molecule has 6 heteroatoms. The molecule has 1 saturated heterocycles. The summed E-state index contributed by atoms with van der Waals surface area (Å²) in [5.74, 6) is 2.84. The van der Waals surface area contributed by atoms with E-state index in [0.29, 0.717) is 30.4 Å². The summed E-state index contributed by atoms with van der Waals surface area (Å²) >= 11 is 1.65. The quantitative estimate of drug-likeness (QED) is 0.819. The van der Waals surface area contributed by atoms with E-state index < -0.39 is 0 Å². The molecular formula is C18H24N2O3S. The lowest BCUT2D eigenvalue weighted by Crippen LogP contribution is -2.47. The normalized spacial score (nSPS) is 20.0. The number of thioether (sulfide) groups is 1. The highest BCUT2D eigenvalue weighted by Gasteiger charge is 2.34. The number of hydrogen-bond acceptors (Lipinski definition) is 4. The molecule has 3 rings (SSSR count). The molecular weight excluding hydrogens is 324 g/mol. The van der Waals surface area contributed by atoms with Crippen LogP contribution in [0.4, 0.5) is 0 Å². The summed E-state index contributed by atoms with van der Waals surface area (Å²) in [7, 11) is 1.64. The molecule has 1 aliphatic heterocycles. The Bertz CT molecular complexity index is 586. The minimum absolute atomic E-state index is 0.00435. The Morgan fingerprint density at radius 1 is 1.29 bits per heavy atom. The average molecular weight is 348 g/mol. The molecule has 0 radical (unpaired) electrons. The van der Waals surface area contributed by atoms with Gasteiger partial charge in [-0.2, -0.15) is 0 Å². The van der Waals surface area contributed by atoms with Gasteiger partial charge >= 0.3 is 0 Å². The maximum absolute atomic E-state index is 12.5. The smallest absolute Gasteiger partial charge is 0.243 e. The molecule has 1 aromatic carbocycles. The van der Waals surface area contributed by atoms with Gasteiger partial charge in [0.1, 0.15) is 11.8 Å². The van der Waals surface area contributed by atoms with Gasteiger partial charge in [0.15, 0.2) is 0 Å². The van der Waals surface area contributed by atoms with Crippen molar-refractivity contribution < 1.29 is 14.3 Å². The van der Waals surface area contributed by atoms with E-state index in [0.717, 1.165) is 17.9 Å². The van der Waals surface area contributed by atoms with Crippen LogP contribution >= 0.6 is 11.8 Å². The summed E-state index contributed by atoms with van der Waals surface area (Å²) in [5, 5.41) is 3.00. The fourth-order valence-electron chi connectivity index (χ4n) is 2.78. The van der Waals surface area contributed by atoms with Crippen molar-refractivity contribution in [3.05, 3.63) is 29.8 Å². The van der Waals surface area contributed by atoms with Crippen LogP contribution < -0.4 is 10.1 Å². The first-order valence-corrected chi connectivity index (χ1v) is 9.60. The molecule has 2 fully saturated rings. The zero-order chi connectivity index (χ0) is 16.9. The highest BCUT2D eigenvalue weighted by molar-refractivity contribution is 7.99. The molecule has 5 nitrogen and oxygen atoms in total. The molecule has 1 aromatic rings. The van der Waals surface area contributed by atoms with Crippen molar-refractivity contribution >= 4 is 23.6 Å². The lowest BCUT2D eigenvalue weighted by molar-refractivity contribution is -0.138. The molecule has 1 aliphatic carbocycles. The van der Waals surface area contributed by atoms with Gasteiger partial charge in [-0.05, 0) is 42.9 Å². The third kappa shape index (κ3) is 4.44. The van der Waals surface area contributed by atoms with Gasteiger partial charge in [0, 0.05) is 18.7 Å². The lowest BCUT2D eigenvalue weighted by atomic mass is 10.1. The Labute approximate surface area is 147 Å². The largest absolute Gasteiger partial charge is 0.497 e. The number of hydrogen-bond donors (Lipinski definition) is 1. The number of rotatable bonds is 7. The molecule has 1 heterocycles. The van der Waals surface area contributed by atoms with Gasteiger partial charge in [0.2, 0.25) is 11.8 Å². The Morgan fingerprint density at radius 2 is 2.04 bits per heavy atom. The van der Waals surface area contributed by atoms with Gasteiger partial charge in [-0.1, -0.05) is 12.1 Å². The highest BCUT2D eigenvalue weighted by Crippen LogP contribution is 2.28. The van der Waals surface area contributed by atoms with Crippen LogP contribution in [0.15, 0.2) is 24.3 Å². The van der Waals surface area contributed by atoms with Crippen molar-refractivity contribution in [1.29, 1.82) is 0 Å². The number of aryl methyl sites for hydroxylation is 1. The number of carbonyl (C=O) groups is 2. The number of nitrogens with zero attached hydrogens (tertiary/aromatic N) is 1. The molecule has 0 spiro atoms. The van der Waals surface area contributed by atoms with Gasteiger partial charge in [-0.15, -0.1) is 11.8 Å². The van der Waals surface area contributed by atoms with E-state index in [9.17, 15) is 9.59 Å². The zero-order valence-electron chi connectivity index (χ0n) is 14.0. The maximum Gasteiger partial charge on any atom is 0.243 e. The SMILES string of the molecule is COc1ccc(CCC(=O)N2CSC[C@H]2C(=O)NCC2CC2)cc1. The fraction of sp³-hybridized carbons (Fsp3) is 0.556. The van der Waals surface area contributed by atoms with Crippen molar-refractivity contribution in [2.75, 3.05) is 25.3 Å². The highest BCUT2D eigenvalue weighted by atomic mass is 32.2. The molecule has 130 valence electrons. The topological polar surface area (TPSA) is 58.6 Å². The summed E-state index contributed by atoms with van der Waals surface area (Å²) in [6.45, 7) is 0.758. The predicted molar refractivity (Wildman–Crippen MR) is 95.0 cm³/mol. The number of methoxy groups -OCH3 is 1. The van der Waals surface area contributed by atoms with Crippen molar-refractivity contribution in [2.45, 2.75) is 31.7 Å². The van der Waals surface area contributed by atoms with E-state index >= 15 is 0 Å². The minimum Gasteiger partial charge on any atom is -0.497 e. The third-order valence-electron chi connectivity index (χ3n) is 4.55. The lowest BCUT2D eigenvalue weighted by Gasteiger charge is -2.23. The summed E-state index contributed by atoms with van der Waals surface area (Å²) in [6.07, 6.45) is 3.54. The molecule has 1 saturated carbocycles. The first-order chi connectivity index (χ1) is 11.7. The fourth-order valence-corrected chi connectivity index (χ4v) is 3.96. The molecule has 0 unspecified atom stereocenters. The molecule has 2 aliphatic rings. The number of nitrogens with one attached hydrogen (secondary N) is 1. The van der Waals surface area contributed by atoms with Crippen LogP contribution in [-0.2, 0) is 16.0 Å². The van der Waals surface area contributed by atoms with Crippen molar-refractivity contribution in [1.82, 2.24) is 10.2 Å². The van der Waals surface area contributed by atoms with E-state index in [1.165, 1.54) is 12.8 Å². The van der Waals surface area contributed by atoms with E-state index in [2.05, 4.69) is 5.32 Å². The van der Waals surface area contributed by atoms with Crippen LogP contribution in [0.5, 0.6) is 5.75 Å². The zero-order valence-corrected chi connectivity index (χ0v) is 14.8. The van der Waals surface area contributed by atoms with Crippen molar-refractivity contribution in [2.24, 2.45) is 5.92 Å². The summed E-state index contributed by atoms with van der Waals surface area (Å²) in [5.41, 5.74) is 1.10. The first-order valence-electron chi connectivity index (χ1n) is 8.45. The second-order valence-corrected chi connectivity index (χ2v) is 7.42. The third-order valence-corrected chi connectivity index (χ3v) is 5.57. The second kappa shape index (κ2) is 7.92. The second-order valence-electron chi connectivity index (χ2n) is 6.42. The Kier molecular flexibility index (Phi) is 5.66. The van der Waals surface area contributed by atoms with Crippen LogP contribution in [0.3, 0.4) is 0 Å². The number of amides is 2. The van der Waals surface area contributed by atoms with E-state index in [-0.39, 0.29) is 17.9 Å². The monoisotopic (exact) mass is 348 g/mol. The summed E-state index contributed by atoms with van der Waals surface area (Å²) in [4.78, 5) is 26.6. The van der Waals surface area contributed by atoms with Crippen molar-refractivity contribution in [3.8, 4) is 5.75 Å². The number of ether oxygens (including phenoxy) is 1. The van der Waals surface area contributed by atoms with E-state index in [1.54, 1.807) is 23.8 Å². The number of benzene rings is 1. The summed E-state index contributed by atoms with van der Waals surface area (Å²) < 4.78 is 5.14. The molecule has 24 heavy (non-hydrogen) atoms. The maximum atomic E-state index is 12.5. The molecule has 2 amide bonds.